The number of hydrogen-bond acceptors (Lipinski definition) is 2. The molecule has 3 aliphatic carbocycles. The van der Waals surface area contributed by atoms with Gasteiger partial charge in [-0.2, -0.15) is 0 Å². The molecular weight excluding hydrogens is 176 g/mol. The van der Waals surface area contributed by atoms with E-state index in [4.69, 9.17) is 4.74 Å². The monoisotopic (exact) mass is 190 g/mol. The van der Waals surface area contributed by atoms with Gasteiger partial charge in [-0.1, -0.05) is 17.7 Å². The van der Waals surface area contributed by atoms with Gasteiger partial charge in [0.1, 0.15) is 6.61 Å². The van der Waals surface area contributed by atoms with Crippen LogP contribution in [0.5, 0.6) is 0 Å². The molecule has 0 aromatic rings. The lowest BCUT2D eigenvalue weighted by atomic mass is 10.0. The van der Waals surface area contributed by atoms with Gasteiger partial charge in [-0.3, -0.25) is 4.79 Å². The van der Waals surface area contributed by atoms with Gasteiger partial charge in [-0.25, -0.2) is 0 Å². The maximum Gasteiger partial charge on any atom is 0.302 e. The van der Waals surface area contributed by atoms with Crippen molar-refractivity contribution in [3.63, 3.8) is 0 Å². The topological polar surface area (TPSA) is 26.3 Å². The first-order valence-electron chi connectivity index (χ1n) is 5.29. The van der Waals surface area contributed by atoms with Gasteiger partial charge >= 0.3 is 5.97 Å². The third-order valence-electron chi connectivity index (χ3n) is 3.73. The summed E-state index contributed by atoms with van der Waals surface area (Å²) in [6.07, 6.45) is 8.19. The van der Waals surface area contributed by atoms with E-state index in [-0.39, 0.29) is 5.97 Å². The lowest BCUT2D eigenvalue weighted by Crippen LogP contribution is -1.98. The highest BCUT2D eigenvalue weighted by molar-refractivity contribution is 5.66. The Hall–Kier alpha value is -1.05. The molecule has 0 aromatic carbocycles. The first-order chi connectivity index (χ1) is 6.77. The van der Waals surface area contributed by atoms with Crippen molar-refractivity contribution in [2.45, 2.75) is 13.3 Å². The second-order valence-electron chi connectivity index (χ2n) is 4.51. The first-order valence-corrected chi connectivity index (χ1v) is 5.29. The third-order valence-corrected chi connectivity index (χ3v) is 3.73. The Labute approximate surface area is 83.6 Å². The Bertz CT molecular complexity index is 320. The van der Waals surface area contributed by atoms with Crippen LogP contribution in [0.15, 0.2) is 23.8 Å². The van der Waals surface area contributed by atoms with E-state index in [1.807, 2.05) is 0 Å². The number of hydrogen-bond donors (Lipinski definition) is 0. The number of ether oxygens (including phenoxy) is 1. The predicted molar refractivity (Wildman–Crippen MR) is 52.4 cm³/mol. The van der Waals surface area contributed by atoms with Gasteiger partial charge in [-0.15, -0.1) is 0 Å². The minimum atomic E-state index is -0.186. The number of carbonyl (C=O) groups excluding carboxylic acids is 1. The number of rotatable bonds is 2. The van der Waals surface area contributed by atoms with Crippen LogP contribution in [0.4, 0.5) is 0 Å². The molecule has 0 N–H and O–H groups in total. The molecule has 2 saturated carbocycles. The quantitative estimate of drug-likeness (QED) is 0.491. The molecule has 0 aliphatic heterocycles. The number of fused-ring (bicyclic) bond motifs is 5. The molecule has 74 valence electrons. The van der Waals surface area contributed by atoms with Crippen LogP contribution < -0.4 is 0 Å². The fourth-order valence-corrected chi connectivity index (χ4v) is 3.17. The minimum Gasteiger partial charge on any atom is -0.462 e. The molecule has 0 unspecified atom stereocenters. The molecule has 2 fully saturated rings. The van der Waals surface area contributed by atoms with E-state index < -0.39 is 0 Å². The van der Waals surface area contributed by atoms with E-state index in [0.717, 1.165) is 23.7 Å². The molecule has 14 heavy (non-hydrogen) atoms. The van der Waals surface area contributed by atoms with Gasteiger partial charge < -0.3 is 4.74 Å². The predicted octanol–water partition coefficient (Wildman–Crippen LogP) is 1.93. The Kier molecular flexibility index (Phi) is 1.61. The van der Waals surface area contributed by atoms with Crippen molar-refractivity contribution in [3.8, 4) is 0 Å². The fourth-order valence-electron chi connectivity index (χ4n) is 3.17. The summed E-state index contributed by atoms with van der Waals surface area (Å²) >= 11 is 0. The summed E-state index contributed by atoms with van der Waals surface area (Å²) in [5.74, 6) is 3.03. The number of carbonyl (C=O) groups is 1. The van der Waals surface area contributed by atoms with E-state index in [0.29, 0.717) is 6.61 Å². The SMILES string of the molecule is CC(=O)OCC=C1[C@@H]2[C@H]1[C@H]1C=C[C@@H]2C1. The van der Waals surface area contributed by atoms with Crippen molar-refractivity contribution in [1.29, 1.82) is 0 Å². The van der Waals surface area contributed by atoms with Gasteiger partial charge in [0.15, 0.2) is 0 Å². The first kappa shape index (κ1) is 8.27. The molecule has 0 heterocycles. The van der Waals surface area contributed by atoms with Crippen molar-refractivity contribution in [2.24, 2.45) is 23.7 Å². The summed E-state index contributed by atoms with van der Waals surface area (Å²) < 4.78 is 4.91. The van der Waals surface area contributed by atoms with Crippen molar-refractivity contribution in [1.82, 2.24) is 0 Å². The van der Waals surface area contributed by atoms with Crippen molar-refractivity contribution >= 4 is 5.97 Å². The number of allylic oxidation sites excluding steroid dienone is 3. The van der Waals surface area contributed by atoms with Crippen LogP contribution >= 0.6 is 0 Å². The minimum absolute atomic E-state index is 0.186. The van der Waals surface area contributed by atoms with Crippen LogP contribution in [0.2, 0.25) is 0 Å². The largest absolute Gasteiger partial charge is 0.462 e. The van der Waals surface area contributed by atoms with Crippen LogP contribution in [0.1, 0.15) is 13.3 Å². The zero-order valence-electron chi connectivity index (χ0n) is 8.27. The summed E-state index contributed by atoms with van der Waals surface area (Å²) in [7, 11) is 0. The Morgan fingerprint density at radius 1 is 1.50 bits per heavy atom. The van der Waals surface area contributed by atoms with E-state index in [9.17, 15) is 4.79 Å². The second-order valence-corrected chi connectivity index (χ2v) is 4.51. The molecule has 3 rings (SSSR count). The zero-order chi connectivity index (χ0) is 9.71. The maximum atomic E-state index is 10.6. The highest BCUT2D eigenvalue weighted by Gasteiger charge is 2.59. The van der Waals surface area contributed by atoms with Gasteiger partial charge in [-0.05, 0) is 36.2 Å². The van der Waals surface area contributed by atoms with Crippen molar-refractivity contribution in [3.05, 3.63) is 23.8 Å². The molecule has 0 spiro atoms. The van der Waals surface area contributed by atoms with Gasteiger partial charge in [0.2, 0.25) is 0 Å². The standard InChI is InChI=1S/C12H14O2/c1-7(13)14-5-4-10-11-8-2-3-9(6-8)12(10)11/h2-4,8-9,11-12H,5-6H2,1H3/t8-,9+,11-,12+. The third kappa shape index (κ3) is 1.06. The molecular formula is C12H14O2. The Morgan fingerprint density at radius 3 is 2.71 bits per heavy atom. The molecule has 3 aliphatic rings. The van der Waals surface area contributed by atoms with E-state index in [1.54, 1.807) is 0 Å². The van der Waals surface area contributed by atoms with Crippen LogP contribution in [0.25, 0.3) is 0 Å². The van der Waals surface area contributed by atoms with Crippen molar-refractivity contribution < 1.29 is 9.53 Å². The summed E-state index contributed by atoms with van der Waals surface area (Å²) in [5, 5.41) is 0. The highest BCUT2D eigenvalue weighted by atomic mass is 16.5. The molecule has 0 aromatic heterocycles. The Balaban J connectivity index is 1.61. The highest BCUT2D eigenvalue weighted by Crippen LogP contribution is 2.66. The molecule has 0 radical (unpaired) electrons. The summed E-state index contributed by atoms with van der Waals surface area (Å²) in [5.41, 5.74) is 1.54. The van der Waals surface area contributed by atoms with E-state index in [1.165, 1.54) is 18.9 Å². The zero-order valence-corrected chi connectivity index (χ0v) is 8.27. The molecule has 2 bridgehead atoms. The van der Waals surface area contributed by atoms with Crippen LogP contribution in [0.3, 0.4) is 0 Å². The van der Waals surface area contributed by atoms with Gasteiger partial charge in [0.05, 0.1) is 0 Å². The van der Waals surface area contributed by atoms with Gasteiger partial charge in [0, 0.05) is 6.92 Å². The maximum absolute atomic E-state index is 10.6. The fraction of sp³-hybridized carbons (Fsp3) is 0.583. The van der Waals surface area contributed by atoms with Crippen molar-refractivity contribution in [2.75, 3.05) is 6.61 Å². The number of esters is 1. The van der Waals surface area contributed by atoms with Gasteiger partial charge in [0.25, 0.3) is 0 Å². The second kappa shape index (κ2) is 2.72. The normalized spacial score (nSPS) is 44.2. The molecule has 2 heteroatoms. The molecule has 0 saturated heterocycles. The lowest BCUT2D eigenvalue weighted by Gasteiger charge is -2.02. The molecule has 0 amide bonds. The van der Waals surface area contributed by atoms with E-state index in [2.05, 4.69) is 18.2 Å². The summed E-state index contributed by atoms with van der Waals surface area (Å²) in [6.45, 7) is 1.93. The van der Waals surface area contributed by atoms with E-state index >= 15 is 0 Å². The van der Waals surface area contributed by atoms with Crippen LogP contribution in [-0.4, -0.2) is 12.6 Å². The summed E-state index contributed by atoms with van der Waals surface area (Å²) in [4.78, 5) is 10.6. The average molecular weight is 190 g/mol. The van der Waals surface area contributed by atoms with Crippen LogP contribution in [-0.2, 0) is 9.53 Å². The van der Waals surface area contributed by atoms with Crippen LogP contribution in [0, 0.1) is 23.7 Å². The summed E-state index contributed by atoms with van der Waals surface area (Å²) in [6, 6.07) is 0. The lowest BCUT2D eigenvalue weighted by molar-refractivity contribution is -0.139. The average Bonchev–Trinajstić information content (AvgIpc) is 2.57. The molecule has 4 atom stereocenters. The molecule has 2 nitrogen and oxygen atoms in total. The Morgan fingerprint density at radius 2 is 2.14 bits per heavy atom. The smallest absolute Gasteiger partial charge is 0.302 e.